The van der Waals surface area contributed by atoms with Crippen LogP contribution in [0.15, 0.2) is 22.9 Å². The van der Waals surface area contributed by atoms with E-state index in [2.05, 4.69) is 27.0 Å². The molecule has 2 aliphatic carbocycles. The SMILES string of the molecule is c1cc(Cn2cnc3c2CCCC3)oc1CNC1CC1. The van der Waals surface area contributed by atoms with Crippen molar-refractivity contribution in [2.24, 2.45) is 0 Å². The average molecular weight is 271 g/mol. The Kier molecular flexibility index (Phi) is 3.11. The van der Waals surface area contributed by atoms with Crippen LogP contribution in [0.5, 0.6) is 0 Å². The number of hydrogen-bond donors (Lipinski definition) is 1. The largest absolute Gasteiger partial charge is 0.463 e. The number of imidazole rings is 1. The smallest absolute Gasteiger partial charge is 0.123 e. The van der Waals surface area contributed by atoms with Crippen LogP contribution in [-0.2, 0) is 25.9 Å². The van der Waals surface area contributed by atoms with E-state index >= 15 is 0 Å². The predicted molar refractivity (Wildman–Crippen MR) is 76.5 cm³/mol. The molecule has 1 N–H and O–H groups in total. The molecule has 0 saturated heterocycles. The van der Waals surface area contributed by atoms with E-state index in [9.17, 15) is 0 Å². The third-order valence-corrected chi connectivity index (χ3v) is 4.30. The summed E-state index contributed by atoms with van der Waals surface area (Å²) < 4.78 is 8.17. The summed E-state index contributed by atoms with van der Waals surface area (Å²) in [5.41, 5.74) is 2.70. The van der Waals surface area contributed by atoms with E-state index in [-0.39, 0.29) is 0 Å². The Labute approximate surface area is 119 Å². The van der Waals surface area contributed by atoms with E-state index in [0.29, 0.717) is 0 Å². The average Bonchev–Trinajstić information content (AvgIpc) is 3.06. The van der Waals surface area contributed by atoms with E-state index in [0.717, 1.165) is 43.5 Å². The van der Waals surface area contributed by atoms with Gasteiger partial charge in [-0.2, -0.15) is 0 Å². The lowest BCUT2D eigenvalue weighted by Crippen LogP contribution is -2.14. The van der Waals surface area contributed by atoms with E-state index in [4.69, 9.17) is 4.42 Å². The summed E-state index contributed by atoms with van der Waals surface area (Å²) in [7, 11) is 0. The molecule has 0 amide bonds. The minimum Gasteiger partial charge on any atom is -0.463 e. The lowest BCUT2D eigenvalue weighted by atomic mass is 10.0. The van der Waals surface area contributed by atoms with Gasteiger partial charge in [-0.1, -0.05) is 0 Å². The summed E-state index contributed by atoms with van der Waals surface area (Å²) in [6, 6.07) is 4.91. The zero-order valence-corrected chi connectivity index (χ0v) is 11.8. The van der Waals surface area contributed by atoms with E-state index in [1.807, 2.05) is 6.33 Å². The highest BCUT2D eigenvalue weighted by Gasteiger charge is 2.20. The van der Waals surface area contributed by atoms with E-state index in [1.165, 1.54) is 37.1 Å². The van der Waals surface area contributed by atoms with Crippen LogP contribution < -0.4 is 5.32 Å². The number of nitrogens with zero attached hydrogens (tertiary/aromatic N) is 2. The molecule has 1 saturated carbocycles. The lowest BCUT2D eigenvalue weighted by molar-refractivity contribution is 0.434. The maximum atomic E-state index is 5.92. The van der Waals surface area contributed by atoms with Crippen molar-refractivity contribution in [3.05, 3.63) is 41.4 Å². The van der Waals surface area contributed by atoms with E-state index in [1.54, 1.807) is 0 Å². The highest BCUT2D eigenvalue weighted by molar-refractivity contribution is 5.18. The number of furan rings is 1. The van der Waals surface area contributed by atoms with Crippen molar-refractivity contribution in [2.75, 3.05) is 0 Å². The number of fused-ring (bicyclic) bond motifs is 1. The Morgan fingerprint density at radius 1 is 1.20 bits per heavy atom. The zero-order chi connectivity index (χ0) is 13.4. The van der Waals surface area contributed by atoms with Crippen molar-refractivity contribution >= 4 is 0 Å². The molecule has 0 unspecified atom stereocenters. The summed E-state index contributed by atoms with van der Waals surface area (Å²) in [4.78, 5) is 4.54. The van der Waals surface area contributed by atoms with Gasteiger partial charge < -0.3 is 14.3 Å². The lowest BCUT2D eigenvalue weighted by Gasteiger charge is -2.13. The first kappa shape index (κ1) is 12.2. The normalized spacial score (nSPS) is 18.2. The molecule has 2 heterocycles. The number of nitrogens with one attached hydrogen (secondary N) is 1. The second-order valence-corrected chi connectivity index (χ2v) is 6.00. The van der Waals surface area contributed by atoms with Crippen molar-refractivity contribution in [2.45, 2.75) is 57.7 Å². The van der Waals surface area contributed by atoms with Gasteiger partial charge in [0.2, 0.25) is 0 Å². The third kappa shape index (κ3) is 2.52. The van der Waals surface area contributed by atoms with Crippen molar-refractivity contribution in [1.29, 1.82) is 0 Å². The monoisotopic (exact) mass is 271 g/mol. The summed E-state index contributed by atoms with van der Waals surface area (Å²) >= 11 is 0. The first-order chi connectivity index (χ1) is 9.88. The second-order valence-electron chi connectivity index (χ2n) is 6.00. The molecule has 0 radical (unpaired) electrons. The molecule has 2 aromatic heterocycles. The van der Waals surface area contributed by atoms with Gasteiger partial charge in [0.25, 0.3) is 0 Å². The van der Waals surface area contributed by atoms with Crippen LogP contribution in [0.3, 0.4) is 0 Å². The molecule has 2 aliphatic rings. The Hall–Kier alpha value is -1.55. The van der Waals surface area contributed by atoms with Crippen LogP contribution in [0.1, 0.15) is 48.6 Å². The minimum absolute atomic E-state index is 0.726. The Morgan fingerprint density at radius 2 is 2.05 bits per heavy atom. The minimum atomic E-state index is 0.726. The summed E-state index contributed by atoms with van der Waals surface area (Å²) in [5, 5.41) is 3.48. The molecule has 0 atom stereocenters. The predicted octanol–water partition coefficient (Wildman–Crippen LogP) is 2.66. The summed E-state index contributed by atoms with van der Waals surface area (Å²) in [6.07, 6.45) is 9.46. The van der Waals surface area contributed by atoms with Crippen LogP contribution in [0, 0.1) is 0 Å². The summed E-state index contributed by atoms with van der Waals surface area (Å²) in [6.45, 7) is 1.67. The van der Waals surface area contributed by atoms with Gasteiger partial charge in [-0.05, 0) is 50.7 Å². The molecule has 1 fully saturated rings. The van der Waals surface area contributed by atoms with Gasteiger partial charge in [0.15, 0.2) is 0 Å². The highest BCUT2D eigenvalue weighted by Crippen LogP contribution is 2.22. The maximum absolute atomic E-state index is 5.92. The topological polar surface area (TPSA) is 43.0 Å². The molecule has 0 aromatic carbocycles. The van der Waals surface area contributed by atoms with Crippen LogP contribution in [0.4, 0.5) is 0 Å². The molecule has 4 heteroatoms. The molecule has 20 heavy (non-hydrogen) atoms. The molecule has 4 rings (SSSR count). The fraction of sp³-hybridized carbons (Fsp3) is 0.562. The van der Waals surface area contributed by atoms with Crippen LogP contribution >= 0.6 is 0 Å². The first-order valence-corrected chi connectivity index (χ1v) is 7.72. The fourth-order valence-corrected chi connectivity index (χ4v) is 2.97. The molecule has 4 nitrogen and oxygen atoms in total. The van der Waals surface area contributed by atoms with E-state index < -0.39 is 0 Å². The highest BCUT2D eigenvalue weighted by atomic mass is 16.3. The molecule has 0 aliphatic heterocycles. The quantitative estimate of drug-likeness (QED) is 0.909. The van der Waals surface area contributed by atoms with Crippen molar-refractivity contribution in [3.8, 4) is 0 Å². The molecule has 0 bridgehead atoms. The van der Waals surface area contributed by atoms with Gasteiger partial charge in [0.05, 0.1) is 25.1 Å². The molecular formula is C16H21N3O. The molecular weight excluding hydrogens is 250 g/mol. The van der Waals surface area contributed by atoms with Gasteiger partial charge in [0.1, 0.15) is 11.5 Å². The second kappa shape index (κ2) is 5.09. The van der Waals surface area contributed by atoms with Crippen molar-refractivity contribution in [3.63, 3.8) is 0 Å². The van der Waals surface area contributed by atoms with Crippen LogP contribution in [0.25, 0.3) is 0 Å². The van der Waals surface area contributed by atoms with Crippen LogP contribution in [0.2, 0.25) is 0 Å². The third-order valence-electron chi connectivity index (χ3n) is 4.30. The number of hydrogen-bond acceptors (Lipinski definition) is 3. The maximum Gasteiger partial charge on any atom is 0.123 e. The Balaban J connectivity index is 1.44. The zero-order valence-electron chi connectivity index (χ0n) is 11.8. The Morgan fingerprint density at radius 3 is 2.95 bits per heavy atom. The number of aromatic nitrogens is 2. The number of rotatable bonds is 5. The van der Waals surface area contributed by atoms with Gasteiger partial charge in [-0.3, -0.25) is 0 Å². The summed E-state index contributed by atoms with van der Waals surface area (Å²) in [5.74, 6) is 2.07. The number of aryl methyl sites for hydroxylation is 1. The van der Waals surface area contributed by atoms with Crippen LogP contribution in [-0.4, -0.2) is 15.6 Å². The first-order valence-electron chi connectivity index (χ1n) is 7.72. The Bertz CT molecular complexity index is 595. The molecule has 0 spiro atoms. The van der Waals surface area contributed by atoms with Gasteiger partial charge in [0, 0.05) is 11.7 Å². The van der Waals surface area contributed by atoms with Gasteiger partial charge >= 0.3 is 0 Å². The molecule has 106 valence electrons. The van der Waals surface area contributed by atoms with Crippen molar-refractivity contribution in [1.82, 2.24) is 14.9 Å². The standard InChI is InChI=1S/C16H21N3O/c1-2-4-16-15(3-1)18-11-19(16)10-14-8-7-13(20-14)9-17-12-5-6-12/h7-8,11-12,17H,1-6,9-10H2. The fourth-order valence-electron chi connectivity index (χ4n) is 2.97. The van der Waals surface area contributed by atoms with Crippen molar-refractivity contribution < 1.29 is 4.42 Å². The van der Waals surface area contributed by atoms with Gasteiger partial charge in [-0.15, -0.1) is 0 Å². The molecule has 2 aromatic rings. The van der Waals surface area contributed by atoms with Gasteiger partial charge in [-0.25, -0.2) is 4.98 Å².